The Kier molecular flexibility index (Phi) is 4.99. The zero-order valence-electron chi connectivity index (χ0n) is 17.1. The third-order valence-electron chi connectivity index (χ3n) is 5.52. The summed E-state index contributed by atoms with van der Waals surface area (Å²) in [5, 5.41) is 5.26. The number of piperazine rings is 1. The van der Waals surface area contributed by atoms with Gasteiger partial charge in [-0.05, 0) is 24.6 Å². The molecule has 0 spiro atoms. The molecule has 7 nitrogen and oxygen atoms in total. The Balaban J connectivity index is 1.37. The first kappa shape index (κ1) is 19.4. The molecule has 5 rings (SSSR count). The zero-order valence-corrected chi connectivity index (χ0v) is 17.9. The Labute approximate surface area is 183 Å². The molecule has 31 heavy (non-hydrogen) atoms. The largest absolute Gasteiger partial charge is 0.353 e. The third-order valence-corrected chi connectivity index (χ3v) is 6.46. The lowest BCUT2D eigenvalue weighted by atomic mass is 10.1. The minimum atomic E-state index is -0.195. The molecule has 1 fully saturated rings. The van der Waals surface area contributed by atoms with E-state index < -0.39 is 0 Å². The molecule has 0 unspecified atom stereocenters. The highest BCUT2D eigenvalue weighted by atomic mass is 32.1. The second kappa shape index (κ2) is 7.96. The molecule has 156 valence electrons. The van der Waals surface area contributed by atoms with E-state index in [1.165, 1.54) is 21.9 Å². The first-order chi connectivity index (χ1) is 15.1. The van der Waals surface area contributed by atoms with Crippen LogP contribution in [0.25, 0.3) is 15.5 Å². The fraction of sp³-hybridized carbons (Fsp3) is 0.217. The summed E-state index contributed by atoms with van der Waals surface area (Å²) < 4.78 is 1.37. The number of carbonyl (C=O) groups is 1. The number of benzene rings is 2. The summed E-state index contributed by atoms with van der Waals surface area (Å²) in [7, 11) is 0. The molecule has 0 atom stereocenters. The Morgan fingerprint density at radius 3 is 2.42 bits per heavy atom. The molecule has 0 aliphatic carbocycles. The molecule has 0 saturated carbocycles. The average Bonchev–Trinajstić information content (AvgIpc) is 3.24. The van der Waals surface area contributed by atoms with Gasteiger partial charge in [-0.3, -0.25) is 9.59 Å². The van der Waals surface area contributed by atoms with Gasteiger partial charge in [0.1, 0.15) is 10.8 Å². The number of nitrogens with zero attached hydrogens (tertiary/aromatic N) is 5. The van der Waals surface area contributed by atoms with Crippen molar-refractivity contribution in [3.63, 3.8) is 0 Å². The summed E-state index contributed by atoms with van der Waals surface area (Å²) in [6.45, 7) is 4.46. The Morgan fingerprint density at radius 1 is 0.968 bits per heavy atom. The highest BCUT2D eigenvalue weighted by Crippen LogP contribution is 2.27. The van der Waals surface area contributed by atoms with Crippen LogP contribution in [0.1, 0.15) is 15.9 Å². The Hall–Kier alpha value is -3.52. The molecular formula is C23H21N5O2S. The molecule has 3 heterocycles. The highest BCUT2D eigenvalue weighted by molar-refractivity contribution is 7.19. The molecule has 0 radical (unpaired) electrons. The lowest BCUT2D eigenvalue weighted by molar-refractivity contribution is 0.0746. The van der Waals surface area contributed by atoms with E-state index in [0.717, 1.165) is 16.1 Å². The van der Waals surface area contributed by atoms with Crippen molar-refractivity contribution >= 4 is 28.0 Å². The highest BCUT2D eigenvalue weighted by Gasteiger charge is 2.24. The van der Waals surface area contributed by atoms with Crippen LogP contribution in [0, 0.1) is 6.92 Å². The number of anilines is 1. The maximum absolute atomic E-state index is 12.7. The van der Waals surface area contributed by atoms with Gasteiger partial charge in [-0.15, -0.1) is 0 Å². The first-order valence-corrected chi connectivity index (χ1v) is 11.0. The normalized spacial score (nSPS) is 14.2. The summed E-state index contributed by atoms with van der Waals surface area (Å²) in [6.07, 6.45) is 0. The summed E-state index contributed by atoms with van der Waals surface area (Å²) in [5.74, 6) is 0.672. The van der Waals surface area contributed by atoms with Crippen LogP contribution in [0.2, 0.25) is 0 Å². The number of aromatic nitrogens is 3. The standard InChI is InChI=1S/C23H21N5O2S/c1-16-7-5-6-10-18(16)21-25-28-20(29)15-19(24-23(28)31-21)26-11-13-27(14-12-26)22(30)17-8-3-2-4-9-17/h2-10,15H,11-14H2,1H3. The van der Waals surface area contributed by atoms with Crippen molar-refractivity contribution in [2.24, 2.45) is 0 Å². The number of aryl methyl sites for hydroxylation is 1. The van der Waals surface area contributed by atoms with Crippen molar-refractivity contribution in [3.8, 4) is 10.6 Å². The van der Waals surface area contributed by atoms with Gasteiger partial charge in [-0.2, -0.15) is 9.61 Å². The summed E-state index contributed by atoms with van der Waals surface area (Å²) in [6, 6.07) is 18.8. The van der Waals surface area contributed by atoms with Crippen LogP contribution < -0.4 is 10.5 Å². The molecule has 1 aliphatic heterocycles. The van der Waals surface area contributed by atoms with Crippen molar-refractivity contribution in [2.45, 2.75) is 6.92 Å². The van der Waals surface area contributed by atoms with E-state index in [0.29, 0.717) is 42.5 Å². The molecule has 1 amide bonds. The van der Waals surface area contributed by atoms with Gasteiger partial charge in [0, 0.05) is 43.4 Å². The second-order valence-electron chi connectivity index (χ2n) is 7.51. The van der Waals surface area contributed by atoms with Crippen molar-refractivity contribution < 1.29 is 4.79 Å². The van der Waals surface area contributed by atoms with Crippen LogP contribution in [0.5, 0.6) is 0 Å². The predicted molar refractivity (Wildman–Crippen MR) is 122 cm³/mol. The summed E-state index contributed by atoms with van der Waals surface area (Å²) in [4.78, 5) is 34.6. The number of carbonyl (C=O) groups excluding carboxylic acids is 1. The van der Waals surface area contributed by atoms with Gasteiger partial charge in [0.2, 0.25) is 4.96 Å². The van der Waals surface area contributed by atoms with Crippen molar-refractivity contribution in [1.82, 2.24) is 19.5 Å². The van der Waals surface area contributed by atoms with Crippen LogP contribution in [0.4, 0.5) is 5.82 Å². The van der Waals surface area contributed by atoms with E-state index in [9.17, 15) is 9.59 Å². The van der Waals surface area contributed by atoms with Gasteiger partial charge in [0.25, 0.3) is 11.5 Å². The predicted octanol–water partition coefficient (Wildman–Crippen LogP) is 3.09. The van der Waals surface area contributed by atoms with E-state index in [1.807, 2.05) is 66.4 Å². The fourth-order valence-corrected chi connectivity index (χ4v) is 4.78. The maximum atomic E-state index is 12.7. The van der Waals surface area contributed by atoms with Gasteiger partial charge < -0.3 is 9.80 Å². The molecule has 4 aromatic rings. The smallest absolute Gasteiger partial charge is 0.277 e. The van der Waals surface area contributed by atoms with Gasteiger partial charge >= 0.3 is 0 Å². The molecule has 2 aromatic heterocycles. The zero-order chi connectivity index (χ0) is 21.4. The van der Waals surface area contributed by atoms with E-state index in [2.05, 4.69) is 10.00 Å². The number of hydrogen-bond acceptors (Lipinski definition) is 6. The minimum Gasteiger partial charge on any atom is -0.353 e. The number of hydrogen-bond donors (Lipinski definition) is 0. The molecule has 0 N–H and O–H groups in total. The van der Waals surface area contributed by atoms with Crippen LogP contribution in [-0.4, -0.2) is 51.6 Å². The Morgan fingerprint density at radius 2 is 1.68 bits per heavy atom. The molecule has 8 heteroatoms. The molecule has 0 bridgehead atoms. The van der Waals surface area contributed by atoms with Crippen molar-refractivity contribution in [1.29, 1.82) is 0 Å². The van der Waals surface area contributed by atoms with E-state index in [4.69, 9.17) is 4.98 Å². The van der Waals surface area contributed by atoms with Crippen LogP contribution in [0.15, 0.2) is 65.5 Å². The minimum absolute atomic E-state index is 0.0362. The molecular weight excluding hydrogens is 410 g/mol. The lowest BCUT2D eigenvalue weighted by Gasteiger charge is -2.35. The number of fused-ring (bicyclic) bond motifs is 1. The second-order valence-corrected chi connectivity index (χ2v) is 8.47. The van der Waals surface area contributed by atoms with E-state index >= 15 is 0 Å². The van der Waals surface area contributed by atoms with Gasteiger partial charge in [-0.1, -0.05) is 53.8 Å². The molecule has 1 saturated heterocycles. The summed E-state index contributed by atoms with van der Waals surface area (Å²) >= 11 is 1.41. The SMILES string of the molecule is Cc1ccccc1-c1nn2c(=O)cc(N3CCN(C(=O)c4ccccc4)CC3)nc2s1. The van der Waals surface area contributed by atoms with Crippen molar-refractivity contribution in [3.05, 3.63) is 82.1 Å². The monoisotopic (exact) mass is 431 g/mol. The van der Waals surface area contributed by atoms with Crippen LogP contribution in [-0.2, 0) is 0 Å². The number of amides is 1. The van der Waals surface area contributed by atoms with Crippen LogP contribution >= 0.6 is 11.3 Å². The number of rotatable bonds is 3. The van der Waals surface area contributed by atoms with E-state index in [-0.39, 0.29) is 11.5 Å². The quantitative estimate of drug-likeness (QED) is 0.499. The molecule has 2 aromatic carbocycles. The Bertz CT molecular complexity index is 1310. The average molecular weight is 432 g/mol. The van der Waals surface area contributed by atoms with Crippen LogP contribution in [0.3, 0.4) is 0 Å². The lowest BCUT2D eigenvalue weighted by Crippen LogP contribution is -2.49. The van der Waals surface area contributed by atoms with Crippen molar-refractivity contribution in [2.75, 3.05) is 31.1 Å². The van der Waals surface area contributed by atoms with Gasteiger partial charge in [-0.25, -0.2) is 4.98 Å². The van der Waals surface area contributed by atoms with E-state index in [1.54, 1.807) is 0 Å². The fourth-order valence-electron chi connectivity index (χ4n) is 3.78. The topological polar surface area (TPSA) is 70.8 Å². The van der Waals surface area contributed by atoms with Gasteiger partial charge in [0.05, 0.1) is 0 Å². The van der Waals surface area contributed by atoms with Gasteiger partial charge in [0.15, 0.2) is 0 Å². The summed E-state index contributed by atoms with van der Waals surface area (Å²) in [5.41, 5.74) is 2.61. The maximum Gasteiger partial charge on any atom is 0.277 e. The third kappa shape index (κ3) is 3.70. The molecule has 1 aliphatic rings. The first-order valence-electron chi connectivity index (χ1n) is 10.2.